The molecule has 1 aliphatic rings. The molecule has 5 rings (SSSR count). The molecular formula is C24H23N3O4. The fraction of sp³-hybridized carbons (Fsp3) is 0.292. The van der Waals surface area contributed by atoms with Gasteiger partial charge in [-0.05, 0) is 24.0 Å². The Balaban J connectivity index is 1.77. The Morgan fingerprint density at radius 2 is 1.97 bits per heavy atom. The quantitative estimate of drug-likeness (QED) is 0.518. The Morgan fingerprint density at radius 3 is 2.61 bits per heavy atom. The van der Waals surface area contributed by atoms with Gasteiger partial charge in [0.05, 0.1) is 11.4 Å². The van der Waals surface area contributed by atoms with Crippen LogP contribution in [0.1, 0.15) is 42.7 Å². The molecule has 1 atom stereocenters. The molecule has 0 spiro atoms. The number of aromatic nitrogens is 3. The maximum Gasteiger partial charge on any atom is 0.341 e. The van der Waals surface area contributed by atoms with E-state index in [9.17, 15) is 14.7 Å². The summed E-state index contributed by atoms with van der Waals surface area (Å²) in [4.78, 5) is 24.1. The molecule has 0 amide bonds. The maximum absolute atomic E-state index is 12.5. The molecule has 0 saturated heterocycles. The molecule has 0 radical (unpaired) electrons. The predicted octanol–water partition coefficient (Wildman–Crippen LogP) is 4.50. The molecule has 158 valence electrons. The number of benzene rings is 1. The van der Waals surface area contributed by atoms with Gasteiger partial charge >= 0.3 is 5.97 Å². The number of carboxylic acid groups (broad SMARTS) is 1. The van der Waals surface area contributed by atoms with E-state index in [1.54, 1.807) is 6.20 Å². The SMILES string of the molecule is Cn1nccc1-c1ccc2c3c(oc2c1)-c1cc(=O)c(C(=O)O)cn1C(C(C)(C)C)C3. The van der Waals surface area contributed by atoms with E-state index in [0.717, 1.165) is 27.8 Å². The standard InChI is InChI=1S/C24H23N3O4/c1-24(2,3)21-10-15-14-6-5-13(17-7-8-25-26(17)4)9-20(14)31-22(15)18-11-19(28)16(23(29)30)12-27(18)21/h5-9,11-12,21H,10H2,1-4H3,(H,29,30). The molecule has 0 aliphatic carbocycles. The van der Waals surface area contributed by atoms with Crippen molar-refractivity contribution in [1.29, 1.82) is 0 Å². The molecule has 1 aromatic carbocycles. The number of carbonyl (C=O) groups is 1. The van der Waals surface area contributed by atoms with Crippen molar-refractivity contribution < 1.29 is 14.3 Å². The minimum Gasteiger partial charge on any atom is -0.477 e. The Kier molecular flexibility index (Phi) is 4.02. The van der Waals surface area contributed by atoms with Crippen molar-refractivity contribution in [2.75, 3.05) is 0 Å². The molecule has 0 bridgehead atoms. The van der Waals surface area contributed by atoms with Gasteiger partial charge in [0.25, 0.3) is 0 Å². The van der Waals surface area contributed by atoms with Gasteiger partial charge in [-0.3, -0.25) is 9.48 Å². The highest BCUT2D eigenvalue weighted by atomic mass is 16.4. The van der Waals surface area contributed by atoms with Crippen LogP contribution in [0.5, 0.6) is 0 Å². The maximum atomic E-state index is 12.5. The molecule has 3 aromatic heterocycles. The van der Waals surface area contributed by atoms with Gasteiger partial charge in [0.1, 0.15) is 11.1 Å². The first-order valence-electron chi connectivity index (χ1n) is 10.2. The number of fused-ring (bicyclic) bond motifs is 5. The molecule has 7 heteroatoms. The summed E-state index contributed by atoms with van der Waals surface area (Å²) < 4.78 is 9.98. The minimum atomic E-state index is -1.22. The van der Waals surface area contributed by atoms with E-state index in [0.29, 0.717) is 17.9 Å². The third kappa shape index (κ3) is 2.91. The first kappa shape index (κ1) is 19.4. The van der Waals surface area contributed by atoms with Gasteiger partial charge in [0, 0.05) is 48.1 Å². The number of carboxylic acids is 1. The lowest BCUT2D eigenvalue weighted by atomic mass is 9.79. The summed E-state index contributed by atoms with van der Waals surface area (Å²) in [6.45, 7) is 6.36. The second kappa shape index (κ2) is 6.44. The van der Waals surface area contributed by atoms with Crippen LogP contribution in [0.25, 0.3) is 33.7 Å². The van der Waals surface area contributed by atoms with Crippen LogP contribution in [0.2, 0.25) is 0 Å². The van der Waals surface area contributed by atoms with E-state index in [4.69, 9.17) is 4.42 Å². The zero-order valence-electron chi connectivity index (χ0n) is 17.8. The highest BCUT2D eigenvalue weighted by molar-refractivity contribution is 5.92. The number of nitrogens with zero attached hydrogens (tertiary/aromatic N) is 3. The van der Waals surface area contributed by atoms with Gasteiger partial charge in [-0.15, -0.1) is 0 Å². The summed E-state index contributed by atoms with van der Waals surface area (Å²) in [6, 6.07) is 9.42. The van der Waals surface area contributed by atoms with Gasteiger partial charge in [-0.25, -0.2) is 4.79 Å². The third-order valence-corrected chi connectivity index (χ3v) is 6.19. The molecule has 7 nitrogen and oxygen atoms in total. The van der Waals surface area contributed by atoms with Crippen LogP contribution in [0, 0.1) is 5.41 Å². The average molecular weight is 417 g/mol. The highest BCUT2D eigenvalue weighted by Gasteiger charge is 2.36. The third-order valence-electron chi connectivity index (χ3n) is 6.19. The predicted molar refractivity (Wildman–Crippen MR) is 117 cm³/mol. The highest BCUT2D eigenvalue weighted by Crippen LogP contribution is 2.46. The Labute approximate surface area is 178 Å². The molecule has 1 unspecified atom stereocenters. The van der Waals surface area contributed by atoms with Crippen LogP contribution >= 0.6 is 0 Å². The number of aryl methyl sites for hydroxylation is 1. The summed E-state index contributed by atoms with van der Waals surface area (Å²) in [7, 11) is 1.89. The van der Waals surface area contributed by atoms with E-state index in [2.05, 4.69) is 38.0 Å². The summed E-state index contributed by atoms with van der Waals surface area (Å²) >= 11 is 0. The van der Waals surface area contributed by atoms with Crippen LogP contribution in [0.3, 0.4) is 0 Å². The molecule has 4 aromatic rings. The van der Waals surface area contributed by atoms with Gasteiger partial charge < -0.3 is 14.1 Å². The van der Waals surface area contributed by atoms with E-state index in [1.807, 2.05) is 28.4 Å². The van der Waals surface area contributed by atoms with Crippen molar-refractivity contribution in [2.24, 2.45) is 12.5 Å². The molecule has 0 fully saturated rings. The average Bonchev–Trinajstić information content (AvgIpc) is 3.28. The smallest absolute Gasteiger partial charge is 0.341 e. The van der Waals surface area contributed by atoms with Gasteiger partial charge in [0.15, 0.2) is 11.2 Å². The van der Waals surface area contributed by atoms with Crippen LogP contribution in [0.15, 0.2) is 51.9 Å². The molecule has 1 aliphatic heterocycles. The molecular weight excluding hydrogens is 394 g/mol. The number of furan rings is 1. The van der Waals surface area contributed by atoms with E-state index >= 15 is 0 Å². The first-order valence-corrected chi connectivity index (χ1v) is 10.2. The molecule has 1 N–H and O–H groups in total. The first-order chi connectivity index (χ1) is 14.6. The van der Waals surface area contributed by atoms with Crippen molar-refractivity contribution in [3.8, 4) is 22.7 Å². The number of hydrogen-bond donors (Lipinski definition) is 1. The fourth-order valence-electron chi connectivity index (χ4n) is 4.54. The number of aromatic carboxylic acids is 1. The summed E-state index contributed by atoms with van der Waals surface area (Å²) in [5.41, 5.74) is 3.47. The topological polar surface area (TPSA) is 90.3 Å². The van der Waals surface area contributed by atoms with Crippen molar-refractivity contribution in [3.63, 3.8) is 0 Å². The monoisotopic (exact) mass is 417 g/mol. The van der Waals surface area contributed by atoms with Crippen LogP contribution in [-0.2, 0) is 13.5 Å². The zero-order chi connectivity index (χ0) is 22.1. The Hall–Kier alpha value is -3.61. The summed E-state index contributed by atoms with van der Waals surface area (Å²) in [5, 5.41) is 14.7. The summed E-state index contributed by atoms with van der Waals surface area (Å²) in [5.74, 6) is -0.587. The van der Waals surface area contributed by atoms with Crippen LogP contribution in [0.4, 0.5) is 0 Å². The van der Waals surface area contributed by atoms with Gasteiger partial charge in [-0.1, -0.05) is 32.9 Å². The van der Waals surface area contributed by atoms with Crippen molar-refractivity contribution >= 4 is 16.9 Å². The summed E-state index contributed by atoms with van der Waals surface area (Å²) in [6.07, 6.45) is 3.91. The minimum absolute atomic E-state index is 0.0220. The second-order valence-corrected chi connectivity index (χ2v) is 9.20. The van der Waals surface area contributed by atoms with E-state index in [-0.39, 0.29) is 17.0 Å². The number of pyridine rings is 1. The normalized spacial score (nSPS) is 15.7. The second-order valence-electron chi connectivity index (χ2n) is 9.20. The van der Waals surface area contributed by atoms with Crippen molar-refractivity contribution in [3.05, 3.63) is 64.1 Å². The van der Waals surface area contributed by atoms with Crippen molar-refractivity contribution in [1.82, 2.24) is 14.3 Å². The molecule has 4 heterocycles. The Bertz CT molecular complexity index is 1420. The molecule has 31 heavy (non-hydrogen) atoms. The molecule has 0 saturated carbocycles. The van der Waals surface area contributed by atoms with Crippen molar-refractivity contribution in [2.45, 2.75) is 33.2 Å². The zero-order valence-corrected chi connectivity index (χ0v) is 17.8. The van der Waals surface area contributed by atoms with Crippen LogP contribution in [-0.4, -0.2) is 25.4 Å². The number of rotatable bonds is 2. The lowest BCUT2D eigenvalue weighted by Crippen LogP contribution is -2.32. The van der Waals surface area contributed by atoms with Gasteiger partial charge in [0.2, 0.25) is 0 Å². The number of hydrogen-bond acceptors (Lipinski definition) is 4. The fourth-order valence-corrected chi connectivity index (χ4v) is 4.54. The van der Waals surface area contributed by atoms with E-state index in [1.165, 1.54) is 12.3 Å². The lowest BCUT2D eigenvalue weighted by Gasteiger charge is -2.37. The Morgan fingerprint density at radius 1 is 1.19 bits per heavy atom. The van der Waals surface area contributed by atoms with Gasteiger partial charge in [-0.2, -0.15) is 5.10 Å². The van der Waals surface area contributed by atoms with Crippen LogP contribution < -0.4 is 5.43 Å². The largest absolute Gasteiger partial charge is 0.477 e. The van der Waals surface area contributed by atoms with E-state index < -0.39 is 11.4 Å². The lowest BCUT2D eigenvalue weighted by molar-refractivity contribution is 0.0693.